The van der Waals surface area contributed by atoms with Crippen LogP contribution in [0.2, 0.25) is 0 Å². The summed E-state index contributed by atoms with van der Waals surface area (Å²) < 4.78 is 0. The topological polar surface area (TPSA) is 50.9 Å². The molecule has 0 aliphatic rings. The number of pyridine rings is 1. The van der Waals surface area contributed by atoms with E-state index in [4.69, 9.17) is 5.73 Å². The molecule has 3 N–H and O–H groups in total. The van der Waals surface area contributed by atoms with Crippen molar-refractivity contribution < 1.29 is 0 Å². The Labute approximate surface area is 99.3 Å². The molecule has 84 valence electrons. The number of hydrogen-bond donors (Lipinski definition) is 2. The Balaban J connectivity index is 1.87. The van der Waals surface area contributed by atoms with Gasteiger partial charge in [-0.15, -0.1) is 11.3 Å². The summed E-state index contributed by atoms with van der Waals surface area (Å²) in [6.07, 6.45) is 2.73. The number of nitrogens with zero attached hydrogens (tertiary/aromatic N) is 1. The minimum Gasteiger partial charge on any atom is -0.397 e. The van der Waals surface area contributed by atoms with Gasteiger partial charge in [0.25, 0.3) is 0 Å². The maximum atomic E-state index is 5.71. The van der Waals surface area contributed by atoms with E-state index < -0.39 is 0 Å². The first-order valence-corrected chi connectivity index (χ1v) is 6.12. The second kappa shape index (κ2) is 4.99. The number of rotatable bonds is 4. The van der Waals surface area contributed by atoms with Crippen molar-refractivity contribution in [2.75, 3.05) is 17.6 Å². The average Bonchev–Trinajstić information content (AvgIpc) is 2.76. The summed E-state index contributed by atoms with van der Waals surface area (Å²) in [7, 11) is 0. The molecule has 3 nitrogen and oxygen atoms in total. The van der Waals surface area contributed by atoms with E-state index in [-0.39, 0.29) is 0 Å². The molecule has 0 fully saturated rings. The number of aryl methyl sites for hydroxylation is 1. The van der Waals surface area contributed by atoms with Gasteiger partial charge in [-0.05, 0) is 36.4 Å². The van der Waals surface area contributed by atoms with Crippen LogP contribution in [-0.2, 0) is 6.42 Å². The van der Waals surface area contributed by atoms with Crippen LogP contribution in [0.3, 0.4) is 0 Å². The Hall–Kier alpha value is -1.55. The zero-order valence-electron chi connectivity index (χ0n) is 9.23. The predicted molar refractivity (Wildman–Crippen MR) is 69.9 cm³/mol. The molecule has 0 radical (unpaired) electrons. The number of nitrogens with one attached hydrogen (secondary N) is 1. The second-order valence-corrected chi connectivity index (χ2v) is 4.71. The quantitative estimate of drug-likeness (QED) is 0.853. The molecule has 0 spiro atoms. The number of hydrogen-bond acceptors (Lipinski definition) is 4. The molecular formula is C12H15N3S. The van der Waals surface area contributed by atoms with Crippen LogP contribution >= 0.6 is 11.3 Å². The van der Waals surface area contributed by atoms with Gasteiger partial charge in [-0.2, -0.15) is 0 Å². The highest BCUT2D eigenvalue weighted by Gasteiger charge is 1.98. The molecule has 0 saturated carbocycles. The summed E-state index contributed by atoms with van der Waals surface area (Å²) in [5.74, 6) is 0.892. The zero-order valence-corrected chi connectivity index (χ0v) is 10.1. The molecule has 0 bridgehead atoms. The lowest BCUT2D eigenvalue weighted by Crippen LogP contribution is -2.06. The van der Waals surface area contributed by atoms with Crippen LogP contribution < -0.4 is 11.1 Å². The van der Waals surface area contributed by atoms with Gasteiger partial charge < -0.3 is 11.1 Å². The largest absolute Gasteiger partial charge is 0.397 e. The summed E-state index contributed by atoms with van der Waals surface area (Å²) in [6.45, 7) is 2.89. The molecule has 0 aliphatic carbocycles. The van der Waals surface area contributed by atoms with E-state index in [0.29, 0.717) is 0 Å². The van der Waals surface area contributed by atoms with Gasteiger partial charge in [0.05, 0.1) is 11.9 Å². The zero-order chi connectivity index (χ0) is 11.4. The molecule has 2 rings (SSSR count). The van der Waals surface area contributed by atoms with Crippen molar-refractivity contribution in [2.45, 2.75) is 13.3 Å². The van der Waals surface area contributed by atoms with Crippen LogP contribution in [0, 0.1) is 6.92 Å². The van der Waals surface area contributed by atoms with Gasteiger partial charge in [-0.25, -0.2) is 4.98 Å². The van der Waals surface area contributed by atoms with Crippen molar-refractivity contribution in [3.63, 3.8) is 0 Å². The van der Waals surface area contributed by atoms with E-state index in [0.717, 1.165) is 30.0 Å². The van der Waals surface area contributed by atoms with Gasteiger partial charge in [-0.1, -0.05) is 6.07 Å². The third kappa shape index (κ3) is 2.73. The van der Waals surface area contributed by atoms with E-state index in [2.05, 4.69) is 27.8 Å². The van der Waals surface area contributed by atoms with Gasteiger partial charge in [0.2, 0.25) is 0 Å². The molecule has 0 amide bonds. The SMILES string of the molecule is Cc1cc(NCCc2cccs2)ncc1N. The number of aromatic nitrogens is 1. The lowest BCUT2D eigenvalue weighted by Gasteiger charge is -2.06. The third-order valence-corrected chi connectivity index (χ3v) is 3.35. The molecule has 2 aromatic heterocycles. The average molecular weight is 233 g/mol. The van der Waals surface area contributed by atoms with Gasteiger partial charge in [0, 0.05) is 11.4 Å². The molecule has 0 aliphatic heterocycles. The monoisotopic (exact) mass is 233 g/mol. The minimum atomic E-state index is 0.740. The van der Waals surface area contributed by atoms with Crippen LogP contribution in [0.25, 0.3) is 0 Å². The lowest BCUT2D eigenvalue weighted by molar-refractivity contribution is 1.03. The van der Waals surface area contributed by atoms with Crippen LogP contribution in [0.15, 0.2) is 29.8 Å². The standard InChI is InChI=1S/C12H15N3S/c1-9-7-12(15-8-11(9)13)14-5-4-10-3-2-6-16-10/h2-3,6-8H,4-5,13H2,1H3,(H,14,15). The Kier molecular flexibility index (Phi) is 3.41. The Morgan fingerprint density at radius 2 is 2.38 bits per heavy atom. The van der Waals surface area contributed by atoms with Crippen LogP contribution in [-0.4, -0.2) is 11.5 Å². The smallest absolute Gasteiger partial charge is 0.126 e. The van der Waals surface area contributed by atoms with Crippen molar-refractivity contribution in [2.24, 2.45) is 0 Å². The molecular weight excluding hydrogens is 218 g/mol. The second-order valence-electron chi connectivity index (χ2n) is 3.68. The lowest BCUT2D eigenvalue weighted by atomic mass is 10.2. The normalized spacial score (nSPS) is 10.3. The third-order valence-electron chi connectivity index (χ3n) is 2.41. The molecule has 4 heteroatoms. The van der Waals surface area contributed by atoms with E-state index in [1.807, 2.05) is 13.0 Å². The van der Waals surface area contributed by atoms with Gasteiger partial charge in [0.15, 0.2) is 0 Å². The van der Waals surface area contributed by atoms with E-state index in [1.165, 1.54) is 4.88 Å². The summed E-state index contributed by atoms with van der Waals surface area (Å²) in [6, 6.07) is 6.20. The minimum absolute atomic E-state index is 0.740. The molecule has 0 unspecified atom stereocenters. The highest BCUT2D eigenvalue weighted by Crippen LogP contribution is 2.14. The maximum Gasteiger partial charge on any atom is 0.126 e. The first-order chi connectivity index (χ1) is 7.75. The fraction of sp³-hybridized carbons (Fsp3) is 0.250. The van der Waals surface area contributed by atoms with Crippen molar-refractivity contribution >= 4 is 22.8 Å². The molecule has 16 heavy (non-hydrogen) atoms. The fourth-order valence-electron chi connectivity index (χ4n) is 1.43. The fourth-order valence-corrected chi connectivity index (χ4v) is 2.14. The van der Waals surface area contributed by atoms with Gasteiger partial charge in [-0.3, -0.25) is 0 Å². The van der Waals surface area contributed by atoms with Crippen molar-refractivity contribution in [3.05, 3.63) is 40.2 Å². The van der Waals surface area contributed by atoms with Crippen molar-refractivity contribution in [3.8, 4) is 0 Å². The van der Waals surface area contributed by atoms with E-state index >= 15 is 0 Å². The highest BCUT2D eigenvalue weighted by atomic mass is 32.1. The predicted octanol–water partition coefficient (Wildman–Crippen LogP) is 2.69. The summed E-state index contributed by atoms with van der Waals surface area (Å²) in [5, 5.41) is 5.39. The van der Waals surface area contributed by atoms with Gasteiger partial charge >= 0.3 is 0 Å². The van der Waals surface area contributed by atoms with Crippen LogP contribution in [0.1, 0.15) is 10.4 Å². The van der Waals surface area contributed by atoms with E-state index in [9.17, 15) is 0 Å². The highest BCUT2D eigenvalue weighted by molar-refractivity contribution is 7.09. The number of nitrogen functional groups attached to an aromatic ring is 1. The number of nitrogens with two attached hydrogens (primary N) is 1. The summed E-state index contributed by atoms with van der Waals surface area (Å²) in [4.78, 5) is 5.61. The number of anilines is 2. The van der Waals surface area contributed by atoms with Gasteiger partial charge in [0.1, 0.15) is 5.82 Å². The molecule has 0 atom stereocenters. The maximum absolute atomic E-state index is 5.71. The molecule has 2 aromatic rings. The molecule has 2 heterocycles. The Morgan fingerprint density at radius 1 is 1.50 bits per heavy atom. The first kappa shape index (κ1) is 11.0. The number of thiophene rings is 1. The first-order valence-electron chi connectivity index (χ1n) is 5.24. The summed E-state index contributed by atoms with van der Waals surface area (Å²) >= 11 is 1.78. The van der Waals surface area contributed by atoms with Crippen molar-refractivity contribution in [1.29, 1.82) is 0 Å². The summed E-state index contributed by atoms with van der Waals surface area (Å²) in [5.41, 5.74) is 7.51. The molecule has 0 aromatic carbocycles. The van der Waals surface area contributed by atoms with Crippen LogP contribution in [0.5, 0.6) is 0 Å². The molecule has 0 saturated heterocycles. The van der Waals surface area contributed by atoms with Crippen molar-refractivity contribution in [1.82, 2.24) is 4.98 Å². The van der Waals surface area contributed by atoms with Crippen LogP contribution in [0.4, 0.5) is 11.5 Å². The van der Waals surface area contributed by atoms with E-state index in [1.54, 1.807) is 17.5 Å². The Bertz CT molecular complexity index is 451. The Morgan fingerprint density at radius 3 is 3.06 bits per heavy atom.